The van der Waals surface area contributed by atoms with Crippen LogP contribution in [0.15, 0.2) is 66.7 Å². The van der Waals surface area contributed by atoms with Gasteiger partial charge in [0.2, 0.25) is 5.75 Å². The van der Waals surface area contributed by atoms with E-state index in [1.807, 2.05) is 36.4 Å². The van der Waals surface area contributed by atoms with Gasteiger partial charge in [-0.15, -0.1) is 0 Å². The molecule has 5 nitrogen and oxygen atoms in total. The summed E-state index contributed by atoms with van der Waals surface area (Å²) in [4.78, 5) is 26.2. The highest BCUT2D eigenvalue weighted by Crippen LogP contribution is 2.41. The monoisotopic (exact) mass is 400 g/mol. The van der Waals surface area contributed by atoms with Gasteiger partial charge in [-0.1, -0.05) is 48.5 Å². The second-order valence-corrected chi connectivity index (χ2v) is 6.72. The third-order valence-electron chi connectivity index (χ3n) is 5.17. The van der Waals surface area contributed by atoms with Gasteiger partial charge in [0.1, 0.15) is 0 Å². The van der Waals surface area contributed by atoms with E-state index in [9.17, 15) is 9.59 Å². The Morgan fingerprint density at radius 1 is 0.700 bits per heavy atom. The minimum Gasteiger partial charge on any atom is -0.493 e. The molecule has 0 saturated heterocycles. The molecule has 3 aromatic rings. The van der Waals surface area contributed by atoms with E-state index in [1.165, 1.54) is 21.3 Å². The van der Waals surface area contributed by atoms with Gasteiger partial charge >= 0.3 is 0 Å². The predicted octanol–water partition coefficient (Wildman–Crippen LogP) is 4.57. The lowest BCUT2D eigenvalue weighted by atomic mass is 9.80. The number of rotatable bonds is 5. The van der Waals surface area contributed by atoms with Gasteiger partial charge in [0.05, 0.1) is 26.9 Å². The Bertz CT molecular complexity index is 1140. The number of fused-ring (bicyclic) bond motifs is 2. The largest absolute Gasteiger partial charge is 0.493 e. The van der Waals surface area contributed by atoms with E-state index in [0.29, 0.717) is 39.5 Å². The lowest BCUT2D eigenvalue weighted by molar-refractivity contribution is 0.102. The molecule has 30 heavy (non-hydrogen) atoms. The van der Waals surface area contributed by atoms with Crippen LogP contribution >= 0.6 is 0 Å². The van der Waals surface area contributed by atoms with Gasteiger partial charge in [0.25, 0.3) is 0 Å². The number of carbonyl (C=O) groups excluding carboxylic acids is 2. The molecular formula is C25H20O5. The summed E-state index contributed by atoms with van der Waals surface area (Å²) < 4.78 is 16.2. The van der Waals surface area contributed by atoms with Crippen molar-refractivity contribution in [3.05, 3.63) is 94.6 Å². The number of hydrogen-bond acceptors (Lipinski definition) is 5. The van der Waals surface area contributed by atoms with Crippen molar-refractivity contribution in [2.45, 2.75) is 0 Å². The number of benzene rings is 3. The third kappa shape index (κ3) is 3.05. The molecule has 0 fully saturated rings. The van der Waals surface area contributed by atoms with Crippen molar-refractivity contribution in [3.8, 4) is 17.2 Å². The van der Waals surface area contributed by atoms with Gasteiger partial charge < -0.3 is 14.2 Å². The van der Waals surface area contributed by atoms with Crippen molar-refractivity contribution in [2.75, 3.05) is 21.3 Å². The first-order chi connectivity index (χ1) is 14.6. The quantitative estimate of drug-likeness (QED) is 0.363. The standard InChI is InChI=1S/C25H20O5/c1-28-22-13-12-19(24(29-2)25(22)30-3)21(26)14-20-15-8-4-6-10-17(15)23(27)18-11-7-5-9-16(18)20/h4-14H,1-3H3. The van der Waals surface area contributed by atoms with Gasteiger partial charge in [-0.25, -0.2) is 0 Å². The molecular weight excluding hydrogens is 380 g/mol. The first-order valence-electron chi connectivity index (χ1n) is 9.39. The average molecular weight is 400 g/mol. The summed E-state index contributed by atoms with van der Waals surface area (Å²) in [5.41, 5.74) is 3.66. The minimum atomic E-state index is -0.262. The number of hydrogen-bond donors (Lipinski definition) is 0. The van der Waals surface area contributed by atoms with E-state index in [-0.39, 0.29) is 11.6 Å². The molecule has 0 radical (unpaired) electrons. The number of allylic oxidation sites excluding steroid dienone is 1. The maximum atomic E-state index is 13.3. The lowest BCUT2D eigenvalue weighted by Gasteiger charge is -2.21. The zero-order chi connectivity index (χ0) is 21.3. The van der Waals surface area contributed by atoms with Gasteiger partial charge in [0, 0.05) is 11.1 Å². The fourth-order valence-electron chi connectivity index (χ4n) is 3.78. The Morgan fingerprint density at radius 3 is 1.73 bits per heavy atom. The van der Waals surface area contributed by atoms with E-state index < -0.39 is 0 Å². The number of ether oxygens (including phenoxy) is 3. The molecule has 0 amide bonds. The number of carbonyl (C=O) groups is 2. The second kappa shape index (κ2) is 7.87. The molecule has 0 aliphatic heterocycles. The molecule has 150 valence electrons. The Kier molecular flexibility index (Phi) is 5.11. The second-order valence-electron chi connectivity index (χ2n) is 6.72. The molecule has 0 N–H and O–H groups in total. The molecule has 0 atom stereocenters. The van der Waals surface area contributed by atoms with Gasteiger partial charge in [-0.3, -0.25) is 9.59 Å². The first kappa shape index (κ1) is 19.5. The van der Waals surface area contributed by atoms with E-state index in [1.54, 1.807) is 30.3 Å². The van der Waals surface area contributed by atoms with Crippen LogP contribution in [0.2, 0.25) is 0 Å². The molecule has 0 heterocycles. The SMILES string of the molecule is COc1ccc(C(=O)C=C2c3ccccc3C(=O)c3ccccc32)c(OC)c1OC. The fourth-order valence-corrected chi connectivity index (χ4v) is 3.78. The normalized spacial score (nSPS) is 12.0. The maximum Gasteiger partial charge on any atom is 0.204 e. The summed E-state index contributed by atoms with van der Waals surface area (Å²) in [7, 11) is 4.49. The molecule has 0 aromatic heterocycles. The Labute approximate surface area is 174 Å². The average Bonchev–Trinajstić information content (AvgIpc) is 2.80. The summed E-state index contributed by atoms with van der Waals surface area (Å²) in [6.07, 6.45) is 1.55. The van der Waals surface area contributed by atoms with Crippen LogP contribution in [0.5, 0.6) is 17.2 Å². The van der Waals surface area contributed by atoms with Crippen molar-refractivity contribution < 1.29 is 23.8 Å². The number of methoxy groups -OCH3 is 3. The molecule has 5 heteroatoms. The van der Waals surface area contributed by atoms with E-state index in [4.69, 9.17) is 14.2 Å². The molecule has 0 unspecified atom stereocenters. The smallest absolute Gasteiger partial charge is 0.204 e. The number of ketones is 2. The summed E-state index contributed by atoms with van der Waals surface area (Å²) in [6, 6.07) is 17.9. The van der Waals surface area contributed by atoms with Crippen LogP contribution in [0.1, 0.15) is 37.4 Å². The predicted molar refractivity (Wildman–Crippen MR) is 114 cm³/mol. The third-order valence-corrected chi connectivity index (χ3v) is 5.17. The molecule has 1 aliphatic rings. The summed E-state index contributed by atoms with van der Waals surface area (Å²) in [5, 5.41) is 0. The van der Waals surface area contributed by atoms with Gasteiger partial charge in [0.15, 0.2) is 23.1 Å². The molecule has 0 spiro atoms. The van der Waals surface area contributed by atoms with Gasteiger partial charge in [-0.2, -0.15) is 0 Å². The first-order valence-corrected chi connectivity index (χ1v) is 9.39. The van der Waals surface area contributed by atoms with Crippen LogP contribution in [0.25, 0.3) is 5.57 Å². The molecule has 1 aliphatic carbocycles. The Morgan fingerprint density at radius 2 is 1.23 bits per heavy atom. The van der Waals surface area contributed by atoms with Crippen molar-refractivity contribution in [2.24, 2.45) is 0 Å². The molecule has 3 aromatic carbocycles. The van der Waals surface area contributed by atoms with Crippen LogP contribution < -0.4 is 14.2 Å². The van der Waals surface area contributed by atoms with E-state index >= 15 is 0 Å². The van der Waals surface area contributed by atoms with Crippen molar-refractivity contribution >= 4 is 17.1 Å². The highest BCUT2D eigenvalue weighted by molar-refractivity contribution is 6.21. The molecule has 4 rings (SSSR count). The Balaban J connectivity index is 1.90. The van der Waals surface area contributed by atoms with Crippen LogP contribution in [-0.2, 0) is 0 Å². The summed E-state index contributed by atoms with van der Waals surface area (Å²) in [6.45, 7) is 0. The van der Waals surface area contributed by atoms with E-state index in [0.717, 1.165) is 11.1 Å². The highest BCUT2D eigenvalue weighted by Gasteiger charge is 2.28. The molecule has 0 bridgehead atoms. The van der Waals surface area contributed by atoms with Crippen LogP contribution in [-0.4, -0.2) is 32.9 Å². The van der Waals surface area contributed by atoms with E-state index in [2.05, 4.69) is 0 Å². The van der Waals surface area contributed by atoms with Crippen LogP contribution in [0.3, 0.4) is 0 Å². The zero-order valence-electron chi connectivity index (χ0n) is 16.9. The summed E-state index contributed by atoms with van der Waals surface area (Å²) >= 11 is 0. The van der Waals surface area contributed by atoms with Crippen molar-refractivity contribution in [3.63, 3.8) is 0 Å². The highest BCUT2D eigenvalue weighted by atomic mass is 16.5. The Hall–Kier alpha value is -3.86. The van der Waals surface area contributed by atoms with Crippen molar-refractivity contribution in [1.29, 1.82) is 0 Å². The van der Waals surface area contributed by atoms with Crippen LogP contribution in [0, 0.1) is 0 Å². The van der Waals surface area contributed by atoms with Crippen molar-refractivity contribution in [1.82, 2.24) is 0 Å². The fraction of sp³-hybridized carbons (Fsp3) is 0.120. The van der Waals surface area contributed by atoms with Crippen LogP contribution in [0.4, 0.5) is 0 Å². The minimum absolute atomic E-state index is 0.0468. The lowest BCUT2D eigenvalue weighted by Crippen LogP contribution is -2.15. The zero-order valence-corrected chi connectivity index (χ0v) is 16.9. The molecule has 0 saturated carbocycles. The summed E-state index contributed by atoms with van der Waals surface area (Å²) in [5.74, 6) is 0.810. The topological polar surface area (TPSA) is 61.8 Å². The van der Waals surface area contributed by atoms with Gasteiger partial charge in [-0.05, 0) is 34.9 Å². The maximum absolute atomic E-state index is 13.3.